The van der Waals surface area contributed by atoms with E-state index in [1.54, 1.807) is 13.1 Å². The minimum absolute atomic E-state index is 0.0508. The quantitative estimate of drug-likeness (QED) is 0.572. The fourth-order valence-electron chi connectivity index (χ4n) is 4.78. The molecule has 2 N–H and O–H groups in total. The van der Waals surface area contributed by atoms with Crippen LogP contribution in [0.15, 0.2) is 30.5 Å². The lowest BCUT2D eigenvalue weighted by atomic mass is 10.0. The number of H-pyrrole nitrogens is 1. The molecule has 0 atom stereocenters. The normalized spacial score (nSPS) is 16.6. The van der Waals surface area contributed by atoms with E-state index >= 15 is 0 Å². The van der Waals surface area contributed by atoms with E-state index in [9.17, 15) is 9.59 Å². The maximum Gasteiger partial charge on any atom is 0.255 e. The summed E-state index contributed by atoms with van der Waals surface area (Å²) in [6.07, 6.45) is 5.76. The zero-order valence-corrected chi connectivity index (χ0v) is 20.1. The molecule has 178 valence electrons. The highest BCUT2D eigenvalue weighted by Crippen LogP contribution is 2.38. The smallest absolute Gasteiger partial charge is 0.255 e. The van der Waals surface area contributed by atoms with Crippen LogP contribution in [0.5, 0.6) is 5.75 Å². The number of likely N-dealkylation sites (tertiary alicyclic amines) is 1. The van der Waals surface area contributed by atoms with Gasteiger partial charge in [0.2, 0.25) is 5.91 Å². The number of piperidine rings is 1. The van der Waals surface area contributed by atoms with Crippen LogP contribution >= 0.6 is 0 Å². The molecule has 2 amide bonds. The Balaban J connectivity index is 1.43. The van der Waals surface area contributed by atoms with E-state index in [1.807, 2.05) is 24.0 Å². The molecule has 7 nitrogen and oxygen atoms in total. The maximum atomic E-state index is 13.3. The molecule has 1 aliphatic heterocycles. The molecule has 0 unspecified atom stereocenters. The van der Waals surface area contributed by atoms with Gasteiger partial charge >= 0.3 is 0 Å². The first-order valence-corrected chi connectivity index (χ1v) is 12.2. The van der Waals surface area contributed by atoms with Crippen LogP contribution in [0.3, 0.4) is 0 Å². The molecule has 0 spiro atoms. The van der Waals surface area contributed by atoms with E-state index in [0.717, 1.165) is 53.1 Å². The van der Waals surface area contributed by atoms with Crippen molar-refractivity contribution in [2.45, 2.75) is 52.5 Å². The lowest BCUT2D eigenvalue weighted by Gasteiger charge is -2.31. The average Bonchev–Trinajstić information content (AvgIpc) is 3.58. The predicted octanol–water partition coefficient (Wildman–Crippen LogP) is 4.38. The number of aryl methyl sites for hydroxylation is 2. The minimum Gasteiger partial charge on any atom is -0.493 e. The van der Waals surface area contributed by atoms with E-state index in [-0.39, 0.29) is 17.9 Å². The number of pyridine rings is 1. The predicted molar refractivity (Wildman–Crippen MR) is 132 cm³/mol. The van der Waals surface area contributed by atoms with Crippen molar-refractivity contribution >= 4 is 22.8 Å². The summed E-state index contributed by atoms with van der Waals surface area (Å²) in [6, 6.07) is 8.28. The molecule has 1 aromatic carbocycles. The number of ether oxygens (including phenoxy) is 1. The molecular weight excluding hydrogens is 428 g/mol. The van der Waals surface area contributed by atoms with Gasteiger partial charge in [-0.25, -0.2) is 0 Å². The van der Waals surface area contributed by atoms with Crippen LogP contribution in [-0.2, 0) is 4.79 Å². The average molecular weight is 461 g/mol. The molecule has 34 heavy (non-hydrogen) atoms. The molecular formula is C27H32N4O3. The Hall–Kier alpha value is -3.35. The van der Waals surface area contributed by atoms with Crippen LogP contribution in [0, 0.1) is 19.8 Å². The molecule has 1 saturated carbocycles. The molecule has 3 aromatic rings. The number of carbonyl (C=O) groups is 2. The van der Waals surface area contributed by atoms with Crippen molar-refractivity contribution in [1.29, 1.82) is 0 Å². The minimum atomic E-state index is -0.121. The first-order valence-electron chi connectivity index (χ1n) is 12.2. The Kier molecular flexibility index (Phi) is 6.02. The van der Waals surface area contributed by atoms with E-state index < -0.39 is 0 Å². The molecule has 2 aromatic heterocycles. The van der Waals surface area contributed by atoms with Crippen molar-refractivity contribution in [2.75, 3.05) is 19.7 Å². The third-order valence-electron chi connectivity index (χ3n) is 6.97. The second kappa shape index (κ2) is 9.12. The molecule has 7 heteroatoms. The highest BCUT2D eigenvalue weighted by molar-refractivity contribution is 6.09. The summed E-state index contributed by atoms with van der Waals surface area (Å²) in [4.78, 5) is 34.7. The number of amides is 2. The van der Waals surface area contributed by atoms with Crippen LogP contribution in [-0.4, -0.2) is 52.4 Å². The van der Waals surface area contributed by atoms with Gasteiger partial charge in [-0.2, -0.15) is 0 Å². The van der Waals surface area contributed by atoms with Gasteiger partial charge in [-0.05, 0) is 63.6 Å². The fraction of sp³-hybridized carbons (Fsp3) is 0.444. The highest BCUT2D eigenvalue weighted by Gasteiger charge is 2.26. The Bertz CT molecular complexity index is 1240. The van der Waals surface area contributed by atoms with Crippen LogP contribution in [0.25, 0.3) is 22.2 Å². The first kappa shape index (κ1) is 22.4. The maximum absolute atomic E-state index is 13.3. The van der Waals surface area contributed by atoms with Gasteiger partial charge < -0.3 is 19.9 Å². The Morgan fingerprint density at radius 3 is 2.59 bits per heavy atom. The number of fused-ring (bicyclic) bond motifs is 1. The zero-order valence-electron chi connectivity index (χ0n) is 20.1. The Morgan fingerprint density at radius 1 is 1.12 bits per heavy atom. The molecule has 2 aliphatic rings. The third kappa shape index (κ3) is 4.52. The van der Waals surface area contributed by atoms with E-state index in [4.69, 9.17) is 4.74 Å². The number of aromatic nitrogens is 2. The number of nitrogens with zero attached hydrogens (tertiary/aromatic N) is 2. The first-order chi connectivity index (χ1) is 16.4. The van der Waals surface area contributed by atoms with E-state index in [0.29, 0.717) is 30.1 Å². The topological polar surface area (TPSA) is 87.3 Å². The van der Waals surface area contributed by atoms with Crippen LogP contribution < -0.4 is 10.1 Å². The molecule has 1 aliphatic carbocycles. The summed E-state index contributed by atoms with van der Waals surface area (Å²) in [5.74, 6) is 1.49. The van der Waals surface area contributed by atoms with Crippen molar-refractivity contribution < 1.29 is 14.3 Å². The van der Waals surface area contributed by atoms with Crippen molar-refractivity contribution in [3.8, 4) is 16.9 Å². The fourth-order valence-corrected chi connectivity index (χ4v) is 4.78. The summed E-state index contributed by atoms with van der Waals surface area (Å²) in [6.45, 7) is 7.67. The summed E-state index contributed by atoms with van der Waals surface area (Å²) in [5.41, 5.74) is 6.04. The zero-order chi connectivity index (χ0) is 23.8. The number of benzene rings is 1. The second-order valence-electron chi connectivity index (χ2n) is 9.71. The van der Waals surface area contributed by atoms with E-state index in [1.165, 1.54) is 12.8 Å². The lowest BCUT2D eigenvalue weighted by Crippen LogP contribution is -2.46. The van der Waals surface area contributed by atoms with Gasteiger partial charge in [0.25, 0.3) is 5.91 Å². The van der Waals surface area contributed by atoms with Gasteiger partial charge in [-0.1, -0.05) is 11.6 Å². The molecule has 0 bridgehead atoms. The number of hydrogen-bond acceptors (Lipinski definition) is 4. The van der Waals surface area contributed by atoms with Crippen molar-refractivity contribution in [3.05, 3.63) is 47.3 Å². The van der Waals surface area contributed by atoms with Crippen molar-refractivity contribution in [3.63, 3.8) is 0 Å². The molecule has 0 radical (unpaired) electrons. The lowest BCUT2D eigenvalue weighted by molar-refractivity contribution is -0.129. The standard InChI is InChI=1S/C27H32N4O3/c1-16-4-7-23(34-15-19-5-6-19)22(14-16)21-8-11-28-26-24(17(2)29-25(21)26)27(33)30-20-9-12-31(13-10-20)18(3)32/h4,7-8,11,14,19-20,29H,5-6,9-10,12-13,15H2,1-3H3,(H,30,33). The third-order valence-corrected chi connectivity index (χ3v) is 6.97. The van der Waals surface area contributed by atoms with Crippen LogP contribution in [0.2, 0.25) is 0 Å². The van der Waals surface area contributed by atoms with Gasteiger partial charge in [-0.3, -0.25) is 14.6 Å². The van der Waals surface area contributed by atoms with Crippen LogP contribution in [0.1, 0.15) is 54.2 Å². The van der Waals surface area contributed by atoms with Crippen molar-refractivity contribution in [2.24, 2.45) is 5.92 Å². The second-order valence-corrected chi connectivity index (χ2v) is 9.71. The van der Waals surface area contributed by atoms with Gasteiger partial charge in [0.15, 0.2) is 0 Å². The summed E-state index contributed by atoms with van der Waals surface area (Å²) in [5, 5.41) is 3.17. The summed E-state index contributed by atoms with van der Waals surface area (Å²) in [7, 11) is 0. The SMILES string of the molecule is CC(=O)N1CCC(NC(=O)c2c(C)[nH]c3c(-c4cc(C)ccc4OCC4CC4)ccnc23)CC1. The number of carbonyl (C=O) groups excluding carboxylic acids is 2. The molecule has 5 rings (SSSR count). The largest absolute Gasteiger partial charge is 0.493 e. The van der Waals surface area contributed by atoms with Gasteiger partial charge in [0.05, 0.1) is 17.7 Å². The van der Waals surface area contributed by atoms with Gasteiger partial charge in [0, 0.05) is 49.1 Å². The Morgan fingerprint density at radius 2 is 1.88 bits per heavy atom. The summed E-state index contributed by atoms with van der Waals surface area (Å²) < 4.78 is 6.19. The number of rotatable bonds is 6. The number of aromatic amines is 1. The van der Waals surface area contributed by atoms with Crippen LogP contribution in [0.4, 0.5) is 0 Å². The van der Waals surface area contributed by atoms with Gasteiger partial charge in [0.1, 0.15) is 11.3 Å². The Labute approximate surface area is 199 Å². The monoisotopic (exact) mass is 460 g/mol. The number of hydrogen-bond donors (Lipinski definition) is 2. The van der Waals surface area contributed by atoms with Gasteiger partial charge in [-0.15, -0.1) is 0 Å². The highest BCUT2D eigenvalue weighted by atomic mass is 16.5. The summed E-state index contributed by atoms with van der Waals surface area (Å²) >= 11 is 0. The number of nitrogens with one attached hydrogen (secondary N) is 2. The van der Waals surface area contributed by atoms with E-state index in [2.05, 4.69) is 34.3 Å². The van der Waals surface area contributed by atoms with Crippen molar-refractivity contribution in [1.82, 2.24) is 20.2 Å². The molecule has 3 heterocycles. The molecule has 1 saturated heterocycles. The molecule has 2 fully saturated rings.